The highest BCUT2D eigenvalue weighted by atomic mass is 35.5. The highest BCUT2D eigenvalue weighted by Gasteiger charge is 2.28. The third kappa shape index (κ3) is 4.13. The van der Waals surface area contributed by atoms with Gasteiger partial charge in [0.05, 0.1) is 17.6 Å². The summed E-state index contributed by atoms with van der Waals surface area (Å²) >= 11 is 7.14. The molecule has 10 heteroatoms. The number of carbonyl (C=O) groups excluding carboxylic acids is 2. The molecule has 162 valence electrons. The second-order valence-electron chi connectivity index (χ2n) is 6.94. The van der Waals surface area contributed by atoms with Crippen molar-refractivity contribution in [1.29, 1.82) is 0 Å². The highest BCUT2D eigenvalue weighted by Crippen LogP contribution is 2.39. The average Bonchev–Trinajstić information content (AvgIpc) is 3.39. The third-order valence-electron chi connectivity index (χ3n) is 4.98. The van der Waals surface area contributed by atoms with Gasteiger partial charge in [-0.1, -0.05) is 11.6 Å². The summed E-state index contributed by atoms with van der Waals surface area (Å²) < 4.78 is 35.7. The first-order chi connectivity index (χ1) is 14.8. The minimum Gasteiger partial charge on any atom is -0.465 e. The maximum Gasteiger partial charge on any atom is 0.341 e. The maximum atomic E-state index is 12.7. The van der Waals surface area contributed by atoms with Crippen LogP contribution >= 0.6 is 22.9 Å². The minimum atomic E-state index is -3.95. The smallest absolute Gasteiger partial charge is 0.341 e. The normalized spacial score (nSPS) is 13.5. The van der Waals surface area contributed by atoms with E-state index in [1.807, 2.05) is 0 Å². The summed E-state index contributed by atoms with van der Waals surface area (Å²) in [6.45, 7) is 0. The Hall–Kier alpha value is -2.62. The molecule has 0 radical (unpaired) electrons. The summed E-state index contributed by atoms with van der Waals surface area (Å²) in [6, 6.07) is 8.14. The Kier molecular flexibility index (Phi) is 5.92. The van der Waals surface area contributed by atoms with Crippen LogP contribution in [0.4, 0.5) is 5.00 Å². The first kappa shape index (κ1) is 21.6. The standard InChI is InChI=1S/C21H18ClNO6S2/c1-28-21(25)18-14-4-2-3-5-16(14)30-20(18)23-19(24)15-10-11-17(29-15)31(26,27)13-8-6-12(22)7-9-13/h6-11H,2-5H2,1H3,(H,23,24). The Morgan fingerprint density at radius 1 is 1.10 bits per heavy atom. The van der Waals surface area contributed by atoms with E-state index in [1.165, 1.54) is 54.8 Å². The van der Waals surface area contributed by atoms with Gasteiger partial charge in [-0.05, 0) is 67.6 Å². The number of esters is 1. The molecule has 31 heavy (non-hydrogen) atoms. The van der Waals surface area contributed by atoms with E-state index in [1.54, 1.807) is 0 Å². The van der Waals surface area contributed by atoms with E-state index in [9.17, 15) is 18.0 Å². The molecule has 0 saturated carbocycles. The van der Waals surface area contributed by atoms with Crippen LogP contribution in [0.1, 0.15) is 44.2 Å². The zero-order valence-corrected chi connectivity index (χ0v) is 18.8. The van der Waals surface area contributed by atoms with Crippen LogP contribution in [0, 0.1) is 0 Å². The first-order valence-electron chi connectivity index (χ1n) is 9.46. The molecule has 0 spiro atoms. The number of thiophene rings is 1. The number of anilines is 1. The van der Waals surface area contributed by atoms with E-state index >= 15 is 0 Å². The molecule has 1 aliphatic carbocycles. The largest absolute Gasteiger partial charge is 0.465 e. The van der Waals surface area contributed by atoms with Gasteiger partial charge in [-0.15, -0.1) is 11.3 Å². The molecular weight excluding hydrogens is 462 g/mol. The second kappa shape index (κ2) is 8.49. The van der Waals surface area contributed by atoms with Gasteiger partial charge in [0.1, 0.15) is 5.00 Å². The topological polar surface area (TPSA) is 103 Å². The molecule has 4 rings (SSSR count). The number of aryl methyl sites for hydroxylation is 1. The number of halogens is 1. The van der Waals surface area contributed by atoms with E-state index in [0.29, 0.717) is 15.6 Å². The lowest BCUT2D eigenvalue weighted by Crippen LogP contribution is -2.14. The Morgan fingerprint density at radius 3 is 2.52 bits per heavy atom. The van der Waals surface area contributed by atoms with Crippen molar-refractivity contribution in [3.63, 3.8) is 0 Å². The van der Waals surface area contributed by atoms with Crippen molar-refractivity contribution in [3.05, 3.63) is 63.2 Å². The third-order valence-corrected chi connectivity index (χ3v) is 8.08. The van der Waals surface area contributed by atoms with Gasteiger partial charge in [-0.2, -0.15) is 0 Å². The van der Waals surface area contributed by atoms with Crippen LogP contribution in [0.15, 0.2) is 50.8 Å². The van der Waals surface area contributed by atoms with Crippen molar-refractivity contribution < 1.29 is 27.2 Å². The van der Waals surface area contributed by atoms with Crippen molar-refractivity contribution in [1.82, 2.24) is 0 Å². The van der Waals surface area contributed by atoms with Gasteiger partial charge >= 0.3 is 5.97 Å². The Balaban J connectivity index is 1.61. The van der Waals surface area contributed by atoms with Gasteiger partial charge in [0, 0.05) is 9.90 Å². The summed E-state index contributed by atoms with van der Waals surface area (Å²) in [5.41, 5.74) is 1.26. The number of hydrogen-bond donors (Lipinski definition) is 1. The molecular formula is C21H18ClNO6S2. The van der Waals surface area contributed by atoms with Crippen molar-refractivity contribution in [2.24, 2.45) is 0 Å². The van der Waals surface area contributed by atoms with Gasteiger partial charge in [0.25, 0.3) is 5.91 Å². The van der Waals surface area contributed by atoms with E-state index in [0.717, 1.165) is 36.1 Å². The summed E-state index contributed by atoms with van der Waals surface area (Å²) in [5, 5.41) is 3.10. The fourth-order valence-corrected chi connectivity index (χ4v) is 6.02. The maximum absolute atomic E-state index is 12.7. The summed E-state index contributed by atoms with van der Waals surface area (Å²) in [4.78, 5) is 26.1. The van der Waals surface area contributed by atoms with Gasteiger partial charge in [-0.25, -0.2) is 13.2 Å². The van der Waals surface area contributed by atoms with Crippen LogP contribution in [0.5, 0.6) is 0 Å². The molecule has 0 saturated heterocycles. The van der Waals surface area contributed by atoms with E-state index < -0.39 is 21.7 Å². The lowest BCUT2D eigenvalue weighted by atomic mass is 9.95. The van der Waals surface area contributed by atoms with Crippen LogP contribution in [0.2, 0.25) is 5.02 Å². The van der Waals surface area contributed by atoms with Gasteiger partial charge in [-0.3, -0.25) is 4.79 Å². The molecule has 2 aromatic heterocycles. The molecule has 1 aromatic carbocycles. The number of rotatable bonds is 5. The molecule has 0 fully saturated rings. The van der Waals surface area contributed by atoms with Gasteiger partial charge < -0.3 is 14.5 Å². The van der Waals surface area contributed by atoms with E-state index in [2.05, 4.69) is 5.32 Å². The van der Waals surface area contributed by atoms with Crippen LogP contribution in [0.25, 0.3) is 0 Å². The number of methoxy groups -OCH3 is 1. The molecule has 0 aliphatic heterocycles. The second-order valence-corrected chi connectivity index (χ2v) is 10.4. The lowest BCUT2D eigenvalue weighted by Gasteiger charge is -2.11. The summed E-state index contributed by atoms with van der Waals surface area (Å²) in [7, 11) is -2.65. The number of carbonyl (C=O) groups is 2. The molecule has 0 unspecified atom stereocenters. The van der Waals surface area contributed by atoms with E-state index in [4.69, 9.17) is 20.8 Å². The molecule has 7 nitrogen and oxygen atoms in total. The van der Waals surface area contributed by atoms with E-state index in [-0.39, 0.29) is 15.7 Å². The van der Waals surface area contributed by atoms with Crippen LogP contribution in [-0.2, 0) is 27.4 Å². The molecule has 0 bridgehead atoms. The van der Waals surface area contributed by atoms with Crippen LogP contribution in [0.3, 0.4) is 0 Å². The molecule has 2 heterocycles. The summed E-state index contributed by atoms with van der Waals surface area (Å²) in [5.74, 6) is -1.35. The number of furan rings is 1. The van der Waals surface area contributed by atoms with Crippen molar-refractivity contribution in [2.75, 3.05) is 12.4 Å². The Labute approximate surface area is 187 Å². The Morgan fingerprint density at radius 2 is 1.81 bits per heavy atom. The van der Waals surface area contributed by atoms with Crippen molar-refractivity contribution >= 4 is 49.7 Å². The van der Waals surface area contributed by atoms with Crippen molar-refractivity contribution in [2.45, 2.75) is 35.7 Å². The predicted molar refractivity (Wildman–Crippen MR) is 116 cm³/mol. The van der Waals surface area contributed by atoms with Crippen molar-refractivity contribution in [3.8, 4) is 0 Å². The molecule has 1 amide bonds. The minimum absolute atomic E-state index is 0.00267. The number of sulfone groups is 1. The average molecular weight is 480 g/mol. The first-order valence-corrected chi connectivity index (χ1v) is 12.1. The van der Waals surface area contributed by atoms with Gasteiger partial charge in [0.2, 0.25) is 14.9 Å². The molecule has 3 aromatic rings. The fraction of sp³-hybridized carbons (Fsp3) is 0.238. The number of benzene rings is 1. The zero-order chi connectivity index (χ0) is 22.2. The van der Waals surface area contributed by atoms with Crippen LogP contribution < -0.4 is 5.32 Å². The SMILES string of the molecule is COC(=O)c1c(NC(=O)c2ccc(S(=O)(=O)c3ccc(Cl)cc3)o2)sc2c1CCCC2. The Bertz CT molecular complexity index is 1260. The van der Waals surface area contributed by atoms with Crippen LogP contribution in [-0.4, -0.2) is 27.4 Å². The number of amides is 1. The molecule has 1 N–H and O–H groups in total. The summed E-state index contributed by atoms with van der Waals surface area (Å²) in [6.07, 6.45) is 3.57. The zero-order valence-electron chi connectivity index (χ0n) is 16.4. The molecule has 1 aliphatic rings. The highest BCUT2D eigenvalue weighted by molar-refractivity contribution is 7.91. The monoisotopic (exact) mass is 479 g/mol. The fourth-order valence-electron chi connectivity index (χ4n) is 3.45. The molecule has 0 atom stereocenters. The number of nitrogens with one attached hydrogen (secondary N) is 1. The number of ether oxygens (including phenoxy) is 1. The number of hydrogen-bond acceptors (Lipinski definition) is 7. The van der Waals surface area contributed by atoms with Gasteiger partial charge in [0.15, 0.2) is 5.76 Å². The predicted octanol–water partition coefficient (Wildman–Crippen LogP) is 4.75. The number of fused-ring (bicyclic) bond motifs is 1. The quantitative estimate of drug-likeness (QED) is 0.530. The lowest BCUT2D eigenvalue weighted by molar-refractivity contribution is 0.0601.